The van der Waals surface area contributed by atoms with Gasteiger partial charge in [-0.25, -0.2) is 14.4 Å². The van der Waals surface area contributed by atoms with Crippen molar-refractivity contribution in [3.8, 4) is 0 Å². The number of rotatable bonds is 15. The van der Waals surface area contributed by atoms with Gasteiger partial charge in [0.2, 0.25) is 11.8 Å². The molecule has 3 aliphatic rings. The number of amides is 4. The highest BCUT2D eigenvalue weighted by Gasteiger charge is 2.61. The smallest absolute Gasteiger partial charge is 0.331 e. The molecule has 3 heterocycles. The number of nitrogens with one attached hydrogen (secondary N) is 3. The number of urea groups is 1. The molecule has 0 bridgehead atoms. The first-order valence-corrected chi connectivity index (χ1v) is 14.0. The van der Waals surface area contributed by atoms with Crippen LogP contribution in [0.4, 0.5) is 4.79 Å². The molecule has 3 aliphatic heterocycles. The number of ether oxygens (including phenoxy) is 2. The van der Waals surface area contributed by atoms with Crippen LogP contribution < -0.4 is 16.0 Å². The number of hydrogen-bond donors (Lipinski definition) is 3. The minimum Gasteiger partial charge on any atom is -0.464 e. The van der Waals surface area contributed by atoms with Gasteiger partial charge in [0.25, 0.3) is 0 Å². The number of esters is 2. The largest absolute Gasteiger partial charge is 0.464 e. The van der Waals surface area contributed by atoms with Crippen molar-refractivity contribution >= 4 is 41.5 Å². The zero-order chi connectivity index (χ0) is 26.1. The predicted molar refractivity (Wildman–Crippen MR) is 133 cm³/mol. The van der Waals surface area contributed by atoms with Crippen molar-refractivity contribution in [3.05, 3.63) is 0 Å². The summed E-state index contributed by atoms with van der Waals surface area (Å²) in [7, 11) is 0. The van der Waals surface area contributed by atoms with E-state index >= 15 is 0 Å². The number of hydrogen-bond acceptors (Lipinski definition) is 8. The van der Waals surface area contributed by atoms with Crippen LogP contribution in [0.5, 0.6) is 0 Å². The number of thioether (sulfide) groups is 1. The second-order valence-electron chi connectivity index (χ2n) is 9.22. The van der Waals surface area contributed by atoms with Crippen molar-refractivity contribution in [2.45, 2.75) is 94.6 Å². The molecule has 0 unspecified atom stereocenters. The number of fused-ring (bicyclic) bond motifs is 1. The predicted octanol–water partition coefficient (Wildman–Crippen LogP) is 1.09. The fourth-order valence-corrected chi connectivity index (χ4v) is 6.32. The first-order valence-electron chi connectivity index (χ1n) is 13.0. The van der Waals surface area contributed by atoms with Gasteiger partial charge >= 0.3 is 18.0 Å². The van der Waals surface area contributed by atoms with Crippen LogP contribution in [-0.4, -0.2) is 89.6 Å². The Morgan fingerprint density at radius 2 is 1.61 bits per heavy atom. The summed E-state index contributed by atoms with van der Waals surface area (Å²) >= 11 is 1.88. The van der Waals surface area contributed by atoms with Crippen molar-refractivity contribution in [1.29, 1.82) is 0 Å². The Balaban J connectivity index is 1.22. The highest BCUT2D eigenvalue weighted by Crippen LogP contribution is 2.33. The van der Waals surface area contributed by atoms with Gasteiger partial charge < -0.3 is 30.3 Å². The van der Waals surface area contributed by atoms with E-state index in [1.165, 1.54) is 4.90 Å². The minimum absolute atomic E-state index is 0.0255. The Kier molecular flexibility index (Phi) is 10.7. The third kappa shape index (κ3) is 7.50. The maximum atomic E-state index is 12.5. The summed E-state index contributed by atoms with van der Waals surface area (Å²) in [4.78, 5) is 61.4. The number of unbranched alkanes of at least 4 members (excludes halogenated alkanes) is 3. The lowest BCUT2D eigenvalue weighted by Gasteiger charge is -2.16. The average molecular weight is 527 g/mol. The van der Waals surface area contributed by atoms with E-state index in [0.717, 1.165) is 37.9 Å². The Bertz CT molecular complexity index is 802. The number of carbonyl (C=O) groups is 5. The van der Waals surface area contributed by atoms with Crippen molar-refractivity contribution < 1.29 is 33.4 Å². The first kappa shape index (κ1) is 28.1. The van der Waals surface area contributed by atoms with Crippen LogP contribution in [0.3, 0.4) is 0 Å². The molecular formula is C24H38N4O7S. The summed E-state index contributed by atoms with van der Waals surface area (Å²) in [6.45, 7) is 4.24. The van der Waals surface area contributed by atoms with E-state index in [4.69, 9.17) is 9.47 Å². The van der Waals surface area contributed by atoms with Crippen molar-refractivity contribution in [2.24, 2.45) is 0 Å². The van der Waals surface area contributed by atoms with Gasteiger partial charge in [-0.15, -0.1) is 0 Å². The highest BCUT2D eigenvalue weighted by molar-refractivity contribution is 8.00. The van der Waals surface area contributed by atoms with E-state index in [1.807, 2.05) is 11.8 Å². The van der Waals surface area contributed by atoms with Crippen molar-refractivity contribution in [3.63, 3.8) is 0 Å². The van der Waals surface area contributed by atoms with Gasteiger partial charge in [-0.2, -0.15) is 11.8 Å². The van der Waals surface area contributed by atoms with E-state index in [9.17, 15) is 24.0 Å². The molecule has 0 saturated carbocycles. The topological polar surface area (TPSA) is 143 Å². The summed E-state index contributed by atoms with van der Waals surface area (Å²) in [5, 5.41) is 9.25. The highest BCUT2D eigenvalue weighted by atomic mass is 32.2. The van der Waals surface area contributed by atoms with Crippen LogP contribution in [-0.2, 0) is 28.7 Å². The maximum Gasteiger partial charge on any atom is 0.331 e. The Morgan fingerprint density at radius 3 is 2.28 bits per heavy atom. The van der Waals surface area contributed by atoms with E-state index in [-0.39, 0.29) is 49.6 Å². The molecule has 0 spiro atoms. The van der Waals surface area contributed by atoms with Crippen LogP contribution in [0.25, 0.3) is 0 Å². The Labute approximate surface area is 216 Å². The standard InChI is InChI=1S/C24H38N4O7S/c1-3-34-22(31)20-21(23(32)35-4-2)28(20)18(30)12-6-5-9-13-25-17(29)11-8-7-10-16-19-15(14-36-16)26-24(33)27-19/h15-16,19-21H,3-14H2,1-2H3,(H,25,29)(H2,26,27,33)/t15-,16-,19-,20+,21+/m0/s1. The summed E-state index contributed by atoms with van der Waals surface area (Å²) in [6, 6.07) is -1.43. The molecule has 11 nitrogen and oxygen atoms in total. The van der Waals surface area contributed by atoms with Crippen LogP contribution in [0, 0.1) is 0 Å². The van der Waals surface area contributed by atoms with E-state index < -0.39 is 24.0 Å². The fraction of sp³-hybridized carbons (Fsp3) is 0.792. The Hall–Kier alpha value is -2.50. The lowest BCUT2D eigenvalue weighted by Crippen LogP contribution is -2.36. The summed E-state index contributed by atoms with van der Waals surface area (Å²) in [6.07, 6.45) is 5.54. The van der Waals surface area contributed by atoms with Crippen LogP contribution >= 0.6 is 11.8 Å². The fourth-order valence-electron chi connectivity index (χ4n) is 4.78. The summed E-state index contributed by atoms with van der Waals surface area (Å²) in [5.74, 6) is -0.469. The SMILES string of the molecule is CCOC(=O)[C@H]1[C@H](C(=O)OCC)N1C(=O)CCCCCNC(=O)CCCC[C@@H]1SC[C@@H]2NC(=O)N[C@@H]21. The number of nitrogens with zero attached hydrogens (tertiary/aromatic N) is 1. The molecule has 3 saturated heterocycles. The van der Waals surface area contributed by atoms with Crippen LogP contribution in [0.1, 0.15) is 65.2 Å². The summed E-state index contributed by atoms with van der Waals surface area (Å²) in [5.41, 5.74) is 0. The van der Waals surface area contributed by atoms with Gasteiger partial charge in [0.15, 0.2) is 12.1 Å². The molecular weight excluding hydrogens is 488 g/mol. The molecule has 3 N–H and O–H groups in total. The molecule has 0 aliphatic carbocycles. The van der Waals surface area contributed by atoms with Gasteiger partial charge in [-0.1, -0.05) is 12.8 Å². The number of carbonyl (C=O) groups excluding carboxylic acids is 5. The molecule has 4 amide bonds. The van der Waals surface area contributed by atoms with E-state index in [0.29, 0.717) is 24.6 Å². The minimum atomic E-state index is -0.891. The lowest BCUT2D eigenvalue weighted by atomic mass is 10.0. The molecule has 0 radical (unpaired) electrons. The molecule has 0 aromatic carbocycles. The molecule has 5 atom stereocenters. The van der Waals surface area contributed by atoms with Gasteiger partial charge in [0, 0.05) is 30.4 Å². The lowest BCUT2D eigenvalue weighted by molar-refractivity contribution is -0.147. The third-order valence-corrected chi connectivity index (χ3v) is 8.13. The quantitative estimate of drug-likeness (QED) is 0.125. The van der Waals surface area contributed by atoms with Gasteiger partial charge in [-0.3, -0.25) is 9.59 Å². The zero-order valence-electron chi connectivity index (χ0n) is 21.1. The second kappa shape index (κ2) is 13.7. The monoisotopic (exact) mass is 526 g/mol. The van der Waals surface area contributed by atoms with Crippen molar-refractivity contribution in [2.75, 3.05) is 25.5 Å². The average Bonchev–Trinajstić information content (AvgIpc) is 3.35. The molecule has 0 aromatic rings. The molecule has 3 rings (SSSR count). The second-order valence-corrected chi connectivity index (χ2v) is 10.5. The van der Waals surface area contributed by atoms with Crippen LogP contribution in [0.2, 0.25) is 0 Å². The summed E-state index contributed by atoms with van der Waals surface area (Å²) < 4.78 is 9.93. The molecule has 3 fully saturated rings. The van der Waals surface area contributed by atoms with Gasteiger partial charge in [0.05, 0.1) is 25.3 Å². The molecule has 12 heteroatoms. The molecule has 0 aromatic heterocycles. The van der Waals surface area contributed by atoms with Gasteiger partial charge in [0.1, 0.15) is 0 Å². The maximum absolute atomic E-state index is 12.5. The normalized spacial score (nSPS) is 26.0. The van der Waals surface area contributed by atoms with E-state index in [1.54, 1.807) is 13.8 Å². The molecule has 36 heavy (non-hydrogen) atoms. The van der Waals surface area contributed by atoms with Crippen molar-refractivity contribution in [1.82, 2.24) is 20.9 Å². The third-order valence-electron chi connectivity index (χ3n) is 6.62. The zero-order valence-corrected chi connectivity index (χ0v) is 21.9. The Morgan fingerprint density at radius 1 is 0.944 bits per heavy atom. The first-order chi connectivity index (χ1) is 17.4. The van der Waals surface area contributed by atoms with Gasteiger partial charge in [-0.05, 0) is 39.5 Å². The van der Waals surface area contributed by atoms with Crippen LogP contribution in [0.15, 0.2) is 0 Å². The van der Waals surface area contributed by atoms with E-state index in [2.05, 4.69) is 16.0 Å². The molecule has 202 valence electrons.